The number of carboxylic acid groups (broad SMARTS) is 1. The molecule has 0 radical (unpaired) electrons. The van der Waals surface area contributed by atoms with Crippen LogP contribution in [0.3, 0.4) is 0 Å². The first kappa shape index (κ1) is 11.1. The molecule has 6 heteroatoms. The molecule has 1 heterocycles. The van der Waals surface area contributed by atoms with Gasteiger partial charge in [0, 0.05) is 0 Å². The van der Waals surface area contributed by atoms with Gasteiger partial charge in [-0.3, -0.25) is 0 Å². The average molecular weight is 216 g/mol. The molecule has 0 spiro atoms. The van der Waals surface area contributed by atoms with Gasteiger partial charge in [0.15, 0.2) is 0 Å². The molecule has 0 bridgehead atoms. The van der Waals surface area contributed by atoms with Crippen molar-refractivity contribution in [3.05, 3.63) is 11.5 Å². The number of carbonyl (C=O) groups is 1. The van der Waals surface area contributed by atoms with Gasteiger partial charge in [-0.2, -0.15) is 0 Å². The fraction of sp³-hybridized carbons (Fsp3) is 0.500. The zero-order valence-electron chi connectivity index (χ0n) is 8.16. The number of aliphatic carboxylic acids is 1. The van der Waals surface area contributed by atoms with Crippen molar-refractivity contribution in [1.29, 1.82) is 0 Å². The summed E-state index contributed by atoms with van der Waals surface area (Å²) in [5, 5.41) is 19.0. The maximum absolute atomic E-state index is 10.8. The molecule has 3 N–H and O–H groups in total. The van der Waals surface area contributed by atoms with Crippen LogP contribution in [0.15, 0.2) is 5.03 Å². The second kappa shape index (κ2) is 3.62. The van der Waals surface area contributed by atoms with E-state index in [9.17, 15) is 9.90 Å². The molecule has 0 saturated carbocycles. The van der Waals surface area contributed by atoms with E-state index in [0.29, 0.717) is 10.9 Å². The zero-order chi connectivity index (χ0) is 10.9. The summed E-state index contributed by atoms with van der Waals surface area (Å²) in [5.74, 6) is -0.706. The highest BCUT2D eigenvalue weighted by molar-refractivity contribution is 7.98. The van der Waals surface area contributed by atoms with Crippen LogP contribution in [-0.2, 0) is 10.4 Å². The second-order valence-electron chi connectivity index (χ2n) is 3.08. The number of rotatable bonds is 3. The van der Waals surface area contributed by atoms with Crippen LogP contribution in [-0.4, -0.2) is 32.4 Å². The Morgan fingerprint density at radius 1 is 1.64 bits per heavy atom. The highest BCUT2D eigenvalue weighted by Gasteiger charge is 2.36. The first-order valence-electron chi connectivity index (χ1n) is 3.96. The molecule has 5 nitrogen and oxygen atoms in total. The Morgan fingerprint density at radius 3 is 2.64 bits per heavy atom. The number of hydrogen-bond acceptors (Lipinski definition) is 4. The Morgan fingerprint density at radius 2 is 2.21 bits per heavy atom. The fourth-order valence-corrected chi connectivity index (χ4v) is 1.74. The number of carboxylic acids is 1. The number of aromatic amines is 1. The van der Waals surface area contributed by atoms with Gasteiger partial charge in [0.2, 0.25) is 5.60 Å². The molecule has 1 unspecified atom stereocenters. The summed E-state index contributed by atoms with van der Waals surface area (Å²) < 4.78 is 0. The maximum atomic E-state index is 10.8. The summed E-state index contributed by atoms with van der Waals surface area (Å²) in [6.07, 6.45) is 1.77. The largest absolute Gasteiger partial charge is 0.479 e. The number of imidazole rings is 1. The van der Waals surface area contributed by atoms with E-state index in [2.05, 4.69) is 9.97 Å². The van der Waals surface area contributed by atoms with Gasteiger partial charge < -0.3 is 15.2 Å². The normalized spacial score (nSPS) is 15.1. The Labute approximate surface area is 85.6 Å². The van der Waals surface area contributed by atoms with E-state index in [1.807, 2.05) is 0 Å². The standard InChI is InChI=1S/C8H12N2O3S/c1-4-9-5(6(10-4)14-3)8(2,13)7(11)12/h13H,1-3H3,(H,9,10)(H,11,12). The number of aromatic nitrogens is 2. The topological polar surface area (TPSA) is 86.2 Å². The van der Waals surface area contributed by atoms with E-state index in [0.717, 1.165) is 0 Å². The lowest BCUT2D eigenvalue weighted by Crippen LogP contribution is -2.32. The number of H-pyrrole nitrogens is 1. The van der Waals surface area contributed by atoms with Crippen LogP contribution in [0.4, 0.5) is 0 Å². The van der Waals surface area contributed by atoms with Crippen molar-refractivity contribution in [2.45, 2.75) is 24.5 Å². The van der Waals surface area contributed by atoms with E-state index < -0.39 is 11.6 Å². The lowest BCUT2D eigenvalue weighted by atomic mass is 10.0. The molecule has 1 rings (SSSR count). The van der Waals surface area contributed by atoms with E-state index in [4.69, 9.17) is 5.11 Å². The molecular weight excluding hydrogens is 204 g/mol. The number of thioether (sulfide) groups is 1. The van der Waals surface area contributed by atoms with E-state index >= 15 is 0 Å². The summed E-state index contributed by atoms with van der Waals surface area (Å²) in [6, 6.07) is 0. The predicted octanol–water partition coefficient (Wildman–Crippen LogP) is 0.732. The van der Waals surface area contributed by atoms with Crippen molar-refractivity contribution in [2.75, 3.05) is 6.26 Å². The van der Waals surface area contributed by atoms with E-state index in [-0.39, 0.29) is 5.69 Å². The van der Waals surface area contributed by atoms with Crippen LogP contribution in [0.2, 0.25) is 0 Å². The molecule has 0 aliphatic carbocycles. The third-order valence-corrected chi connectivity index (χ3v) is 2.57. The molecule has 1 atom stereocenters. The molecule has 0 fully saturated rings. The molecular formula is C8H12N2O3S. The quantitative estimate of drug-likeness (QED) is 0.648. The molecule has 1 aromatic heterocycles. The van der Waals surface area contributed by atoms with Crippen LogP contribution >= 0.6 is 11.8 Å². The minimum absolute atomic E-state index is 0.231. The van der Waals surface area contributed by atoms with Gasteiger partial charge in [0.05, 0.1) is 5.69 Å². The SMILES string of the molecule is CSc1nc(C)[nH]c1C(C)(O)C(=O)O. The van der Waals surface area contributed by atoms with Crippen molar-refractivity contribution < 1.29 is 15.0 Å². The molecule has 14 heavy (non-hydrogen) atoms. The van der Waals surface area contributed by atoms with Gasteiger partial charge in [0.25, 0.3) is 0 Å². The maximum Gasteiger partial charge on any atom is 0.341 e. The van der Waals surface area contributed by atoms with Gasteiger partial charge >= 0.3 is 5.97 Å². The van der Waals surface area contributed by atoms with Crippen LogP contribution in [0.25, 0.3) is 0 Å². The molecule has 0 aliphatic rings. The van der Waals surface area contributed by atoms with Gasteiger partial charge in [-0.1, -0.05) is 0 Å². The fourth-order valence-electron chi connectivity index (χ4n) is 1.06. The van der Waals surface area contributed by atoms with E-state index in [1.165, 1.54) is 18.7 Å². The highest BCUT2D eigenvalue weighted by atomic mass is 32.2. The average Bonchev–Trinajstić information content (AvgIpc) is 2.46. The Kier molecular flexibility index (Phi) is 2.86. The number of aliphatic hydroxyl groups is 1. The Hall–Kier alpha value is -1.01. The molecule has 78 valence electrons. The van der Waals surface area contributed by atoms with Crippen molar-refractivity contribution >= 4 is 17.7 Å². The third kappa shape index (κ3) is 1.76. The molecule has 1 aromatic rings. The molecule has 0 aromatic carbocycles. The van der Waals surface area contributed by atoms with Gasteiger partial charge in [0.1, 0.15) is 10.9 Å². The number of aryl methyl sites for hydroxylation is 1. The highest BCUT2D eigenvalue weighted by Crippen LogP contribution is 2.28. The van der Waals surface area contributed by atoms with Crippen molar-refractivity contribution in [3.8, 4) is 0 Å². The Balaban J connectivity index is 3.23. The second-order valence-corrected chi connectivity index (χ2v) is 3.88. The van der Waals surface area contributed by atoms with Crippen LogP contribution in [0.1, 0.15) is 18.4 Å². The number of nitrogens with zero attached hydrogens (tertiary/aromatic N) is 1. The van der Waals surface area contributed by atoms with Gasteiger partial charge in [-0.25, -0.2) is 9.78 Å². The molecule has 0 amide bonds. The zero-order valence-corrected chi connectivity index (χ0v) is 8.97. The number of nitrogens with one attached hydrogen (secondary N) is 1. The predicted molar refractivity (Wildman–Crippen MR) is 52.3 cm³/mol. The van der Waals surface area contributed by atoms with Gasteiger partial charge in [-0.15, -0.1) is 11.8 Å². The first-order valence-corrected chi connectivity index (χ1v) is 5.19. The lowest BCUT2D eigenvalue weighted by molar-refractivity contribution is -0.158. The summed E-state index contributed by atoms with van der Waals surface area (Å²) in [7, 11) is 0. The molecule has 0 saturated heterocycles. The van der Waals surface area contributed by atoms with Gasteiger partial charge in [-0.05, 0) is 20.1 Å². The van der Waals surface area contributed by atoms with E-state index in [1.54, 1.807) is 13.2 Å². The van der Waals surface area contributed by atoms with Crippen LogP contribution in [0.5, 0.6) is 0 Å². The molecule has 0 aliphatic heterocycles. The first-order chi connectivity index (χ1) is 6.39. The van der Waals surface area contributed by atoms with Crippen LogP contribution < -0.4 is 0 Å². The smallest absolute Gasteiger partial charge is 0.341 e. The minimum atomic E-state index is -1.92. The summed E-state index contributed by atoms with van der Waals surface area (Å²) in [4.78, 5) is 17.6. The summed E-state index contributed by atoms with van der Waals surface area (Å²) in [5.41, 5.74) is -1.69. The minimum Gasteiger partial charge on any atom is -0.479 e. The van der Waals surface area contributed by atoms with Crippen molar-refractivity contribution in [3.63, 3.8) is 0 Å². The monoisotopic (exact) mass is 216 g/mol. The summed E-state index contributed by atoms with van der Waals surface area (Å²) in [6.45, 7) is 2.93. The Bertz CT molecular complexity index is 359. The van der Waals surface area contributed by atoms with Crippen molar-refractivity contribution in [2.24, 2.45) is 0 Å². The summed E-state index contributed by atoms with van der Waals surface area (Å²) >= 11 is 1.29. The van der Waals surface area contributed by atoms with Crippen LogP contribution in [0, 0.1) is 6.92 Å². The van der Waals surface area contributed by atoms with Crippen molar-refractivity contribution in [1.82, 2.24) is 9.97 Å². The third-order valence-electron chi connectivity index (χ3n) is 1.89. The number of hydrogen-bond donors (Lipinski definition) is 3. The lowest BCUT2D eigenvalue weighted by Gasteiger charge is -2.16.